The molecule has 0 unspecified atom stereocenters. The fraction of sp³-hybridized carbons (Fsp3) is 0.179. The zero-order chi connectivity index (χ0) is 30.6. The Morgan fingerprint density at radius 3 is 2.42 bits per heavy atom. The van der Waals surface area contributed by atoms with Crippen molar-refractivity contribution in [1.29, 1.82) is 0 Å². The minimum absolute atomic E-state index is 0.163. The maximum Gasteiger partial charge on any atom is 0.573 e. The fourth-order valence-electron chi connectivity index (χ4n) is 4.02. The molecule has 1 aliphatic heterocycles. The summed E-state index contributed by atoms with van der Waals surface area (Å²) in [5.41, 5.74) is 2.57. The number of amidine groups is 1. The van der Waals surface area contributed by atoms with E-state index < -0.39 is 12.4 Å². The Kier molecular flexibility index (Phi) is 8.52. The summed E-state index contributed by atoms with van der Waals surface area (Å²) in [6, 6.07) is 16.6. The number of ether oxygens (including phenoxy) is 3. The zero-order valence-electron chi connectivity index (χ0n) is 22.7. The van der Waals surface area contributed by atoms with Gasteiger partial charge in [0.2, 0.25) is 5.91 Å². The zero-order valence-corrected chi connectivity index (χ0v) is 23.5. The molecule has 2 heterocycles. The first kappa shape index (κ1) is 29.4. The van der Waals surface area contributed by atoms with Gasteiger partial charge in [-0.25, -0.2) is 14.5 Å². The summed E-state index contributed by atoms with van der Waals surface area (Å²) in [5.74, 6) is 1.13. The number of aromatic nitrogens is 3. The second-order valence-electron chi connectivity index (χ2n) is 8.91. The van der Waals surface area contributed by atoms with E-state index in [4.69, 9.17) is 9.47 Å². The lowest BCUT2D eigenvalue weighted by Gasteiger charge is -2.19. The van der Waals surface area contributed by atoms with E-state index in [0.29, 0.717) is 34.3 Å². The quantitative estimate of drug-likeness (QED) is 0.265. The first-order chi connectivity index (χ1) is 20.6. The highest BCUT2D eigenvalue weighted by Crippen LogP contribution is 2.31. The van der Waals surface area contributed by atoms with E-state index >= 15 is 0 Å². The highest BCUT2D eigenvalue weighted by Gasteiger charge is 2.32. The third-order valence-electron chi connectivity index (χ3n) is 6.01. The maximum atomic E-state index is 12.5. The third-order valence-corrected chi connectivity index (χ3v) is 6.93. The number of thioether (sulfide) groups is 1. The van der Waals surface area contributed by atoms with Crippen molar-refractivity contribution < 1.29 is 37.0 Å². The van der Waals surface area contributed by atoms with Crippen molar-refractivity contribution >= 4 is 34.6 Å². The molecule has 1 N–H and O–H groups in total. The molecule has 1 aromatic heterocycles. The second kappa shape index (κ2) is 12.4. The Morgan fingerprint density at radius 2 is 1.74 bits per heavy atom. The maximum absolute atomic E-state index is 12.5. The van der Waals surface area contributed by atoms with Gasteiger partial charge in [-0.3, -0.25) is 9.69 Å². The van der Waals surface area contributed by atoms with Crippen molar-refractivity contribution in [3.63, 3.8) is 0 Å². The second-order valence-corrected chi connectivity index (χ2v) is 9.86. The van der Waals surface area contributed by atoms with Gasteiger partial charge in [-0.1, -0.05) is 11.8 Å². The van der Waals surface area contributed by atoms with Crippen LogP contribution in [0.5, 0.6) is 17.2 Å². The van der Waals surface area contributed by atoms with Crippen molar-refractivity contribution in [2.75, 3.05) is 24.5 Å². The molecule has 4 aromatic rings. The van der Waals surface area contributed by atoms with Crippen molar-refractivity contribution in [3.8, 4) is 34.3 Å². The van der Waals surface area contributed by atoms with Crippen LogP contribution in [0.15, 0.2) is 78.0 Å². The van der Waals surface area contributed by atoms with Crippen LogP contribution in [0.4, 0.5) is 23.7 Å². The number of aliphatic imine (C=N–C) groups is 1. The summed E-state index contributed by atoms with van der Waals surface area (Å²) in [6.45, 7) is 1.67. The Balaban J connectivity index is 1.16. The lowest BCUT2D eigenvalue weighted by atomic mass is 10.1. The highest BCUT2D eigenvalue weighted by molar-refractivity contribution is 8.15. The first-order valence-corrected chi connectivity index (χ1v) is 13.6. The molecule has 1 aliphatic rings. The van der Waals surface area contributed by atoms with E-state index in [1.807, 2.05) is 6.92 Å². The summed E-state index contributed by atoms with van der Waals surface area (Å²) in [5, 5.41) is 7.16. The molecule has 3 aromatic carbocycles. The first-order valence-electron chi connectivity index (χ1n) is 12.6. The van der Waals surface area contributed by atoms with Crippen LogP contribution in [0.3, 0.4) is 0 Å². The number of anilines is 1. The predicted octanol–water partition coefficient (Wildman–Crippen LogP) is 5.33. The molecule has 0 bridgehead atoms. The molecule has 0 atom stereocenters. The third kappa shape index (κ3) is 7.24. The SMILES string of the molecule is COc1ccc(N2C(=O)CS/C2=N\C(=O)NCOc2ccc(-c3ncn(-c4ccc(OC(F)(F)F)cc4)n3)cc2)c(C)c1. The van der Waals surface area contributed by atoms with Gasteiger partial charge in [0.15, 0.2) is 17.7 Å². The van der Waals surface area contributed by atoms with Gasteiger partial charge in [0, 0.05) is 5.56 Å². The number of aryl methyl sites for hydroxylation is 1. The van der Waals surface area contributed by atoms with Crippen molar-refractivity contribution in [1.82, 2.24) is 20.1 Å². The van der Waals surface area contributed by atoms with E-state index in [1.165, 1.54) is 51.9 Å². The number of rotatable bonds is 8. The monoisotopic (exact) mass is 612 g/mol. The van der Waals surface area contributed by atoms with Crippen molar-refractivity contribution in [3.05, 3.63) is 78.6 Å². The van der Waals surface area contributed by atoms with Gasteiger partial charge >= 0.3 is 12.4 Å². The average Bonchev–Trinajstić information content (AvgIpc) is 3.60. The number of urea groups is 1. The van der Waals surface area contributed by atoms with Gasteiger partial charge in [0.05, 0.1) is 24.2 Å². The number of methoxy groups -OCH3 is 1. The van der Waals surface area contributed by atoms with Crippen LogP contribution < -0.4 is 24.4 Å². The van der Waals surface area contributed by atoms with Crippen LogP contribution in [-0.4, -0.2) is 57.8 Å². The number of amides is 3. The molecule has 0 saturated carbocycles. The smallest absolute Gasteiger partial charge is 0.497 e. The minimum atomic E-state index is -4.77. The van der Waals surface area contributed by atoms with Gasteiger partial charge in [0.1, 0.15) is 23.6 Å². The van der Waals surface area contributed by atoms with E-state index in [2.05, 4.69) is 25.1 Å². The van der Waals surface area contributed by atoms with Gasteiger partial charge in [0.25, 0.3) is 0 Å². The molecule has 43 heavy (non-hydrogen) atoms. The summed E-state index contributed by atoms with van der Waals surface area (Å²) in [4.78, 5) is 34.7. The number of benzene rings is 3. The average molecular weight is 613 g/mol. The molecule has 0 aliphatic carbocycles. The van der Waals surface area contributed by atoms with Crippen molar-refractivity contribution in [2.45, 2.75) is 13.3 Å². The van der Waals surface area contributed by atoms with Crippen LogP contribution in [0.1, 0.15) is 5.56 Å². The predicted molar refractivity (Wildman–Crippen MR) is 153 cm³/mol. The number of carbonyl (C=O) groups excluding carboxylic acids is 2. The number of alkyl halides is 3. The standard InChI is InChI=1S/C28H23F3N6O5S/c1-17-13-22(40-2)11-12-23(17)37-24(38)14-43-27(37)34-26(39)33-16-41-20-7-3-18(4-8-20)25-32-15-36(35-25)19-5-9-21(10-6-19)42-28(29,30)31/h3-13,15H,14,16H2,1-2H3,(H,33,39)/b34-27-. The molecule has 1 saturated heterocycles. The number of nitrogens with one attached hydrogen (secondary N) is 1. The van der Waals surface area contributed by atoms with Crippen LogP contribution in [-0.2, 0) is 4.79 Å². The van der Waals surface area contributed by atoms with Gasteiger partial charge in [-0.2, -0.15) is 4.99 Å². The van der Waals surface area contributed by atoms with Gasteiger partial charge < -0.3 is 19.5 Å². The Labute approximate surface area is 247 Å². The molecule has 222 valence electrons. The molecule has 0 radical (unpaired) electrons. The van der Waals surface area contributed by atoms with Crippen LogP contribution in [0.25, 0.3) is 17.1 Å². The molecule has 0 spiro atoms. The van der Waals surface area contributed by atoms with Gasteiger partial charge in [-0.15, -0.1) is 18.3 Å². The topological polar surface area (TPSA) is 120 Å². The summed E-state index contributed by atoms with van der Waals surface area (Å²) >= 11 is 1.17. The lowest BCUT2D eigenvalue weighted by molar-refractivity contribution is -0.274. The Bertz CT molecular complexity index is 1660. The summed E-state index contributed by atoms with van der Waals surface area (Å²) < 4.78 is 53.2. The molecule has 11 nitrogen and oxygen atoms in total. The summed E-state index contributed by atoms with van der Waals surface area (Å²) in [6.07, 6.45) is -3.34. The number of hydrogen-bond acceptors (Lipinski definition) is 8. The van der Waals surface area contributed by atoms with Crippen LogP contribution >= 0.6 is 11.8 Å². The van der Waals surface area contributed by atoms with Crippen LogP contribution in [0, 0.1) is 6.92 Å². The highest BCUT2D eigenvalue weighted by atomic mass is 32.2. The van der Waals surface area contributed by atoms with E-state index in [1.54, 1.807) is 49.6 Å². The summed E-state index contributed by atoms with van der Waals surface area (Å²) in [7, 11) is 1.56. The molecule has 1 fully saturated rings. The van der Waals surface area contributed by atoms with Crippen LogP contribution in [0.2, 0.25) is 0 Å². The molecular formula is C28H23F3N6O5S. The number of hydrogen-bond donors (Lipinski definition) is 1. The largest absolute Gasteiger partial charge is 0.573 e. The van der Waals surface area contributed by atoms with Crippen molar-refractivity contribution in [2.24, 2.45) is 4.99 Å². The molecule has 15 heteroatoms. The molecular weight excluding hydrogens is 589 g/mol. The van der Waals surface area contributed by atoms with Gasteiger partial charge in [-0.05, 0) is 79.2 Å². The van der Waals surface area contributed by atoms with E-state index in [9.17, 15) is 22.8 Å². The van der Waals surface area contributed by atoms with E-state index in [-0.39, 0.29) is 29.3 Å². The fourth-order valence-corrected chi connectivity index (χ4v) is 4.87. The Morgan fingerprint density at radius 1 is 1.05 bits per heavy atom. The Hall–Kier alpha value is -5.05. The molecule has 3 amide bonds. The molecule has 5 rings (SSSR count). The van der Waals surface area contributed by atoms with E-state index in [0.717, 1.165) is 5.56 Å². The number of carbonyl (C=O) groups is 2. The minimum Gasteiger partial charge on any atom is -0.497 e. The normalized spacial score (nSPS) is 14.2. The number of halogens is 3. The number of nitrogens with zero attached hydrogens (tertiary/aromatic N) is 5. The lowest BCUT2D eigenvalue weighted by Crippen LogP contribution is -2.32.